The second-order valence-electron chi connectivity index (χ2n) is 3.28. The van der Waals surface area contributed by atoms with Crippen molar-refractivity contribution >= 4 is 5.95 Å². The first-order chi connectivity index (χ1) is 7.79. The first kappa shape index (κ1) is 10.5. The van der Waals surface area contributed by atoms with E-state index in [1.54, 1.807) is 19.4 Å². The fourth-order valence-corrected chi connectivity index (χ4v) is 1.34. The van der Waals surface area contributed by atoms with Crippen LogP contribution in [0.3, 0.4) is 0 Å². The van der Waals surface area contributed by atoms with Crippen molar-refractivity contribution in [2.75, 3.05) is 12.4 Å². The summed E-state index contributed by atoms with van der Waals surface area (Å²) in [7, 11) is 1.70. The van der Waals surface area contributed by atoms with Crippen molar-refractivity contribution in [1.82, 2.24) is 15.0 Å². The van der Waals surface area contributed by atoms with E-state index >= 15 is 0 Å². The van der Waals surface area contributed by atoms with E-state index in [1.165, 1.54) is 6.20 Å². The Balaban J connectivity index is 2.27. The van der Waals surface area contributed by atoms with Gasteiger partial charge in [-0.2, -0.15) is 0 Å². The van der Waals surface area contributed by atoms with Gasteiger partial charge >= 0.3 is 0 Å². The van der Waals surface area contributed by atoms with Crippen molar-refractivity contribution in [3.8, 4) is 0 Å². The molecule has 0 unspecified atom stereocenters. The highest BCUT2D eigenvalue weighted by molar-refractivity contribution is 5.27. The number of aromatic nitrogens is 3. The van der Waals surface area contributed by atoms with Gasteiger partial charge in [0.15, 0.2) is 5.82 Å². The highest BCUT2D eigenvalue weighted by Crippen LogP contribution is 2.11. The van der Waals surface area contributed by atoms with Crippen molar-refractivity contribution in [2.24, 2.45) is 0 Å². The number of halogens is 1. The molecule has 0 saturated heterocycles. The van der Waals surface area contributed by atoms with Gasteiger partial charge in [0.2, 0.25) is 5.95 Å². The molecule has 2 aromatic rings. The maximum absolute atomic E-state index is 13.4. The van der Waals surface area contributed by atoms with Crippen LogP contribution in [-0.2, 0) is 6.42 Å². The molecule has 0 radical (unpaired) electrons. The summed E-state index contributed by atoms with van der Waals surface area (Å²) in [6, 6.07) is 3.70. The van der Waals surface area contributed by atoms with E-state index in [0.29, 0.717) is 18.1 Å². The Labute approximate surface area is 92.6 Å². The summed E-state index contributed by atoms with van der Waals surface area (Å²) in [5, 5.41) is 2.78. The second kappa shape index (κ2) is 4.65. The topological polar surface area (TPSA) is 50.7 Å². The Morgan fingerprint density at radius 3 is 2.94 bits per heavy atom. The summed E-state index contributed by atoms with van der Waals surface area (Å²) in [5.41, 5.74) is 1.29. The molecule has 0 spiro atoms. The smallest absolute Gasteiger partial charge is 0.222 e. The molecule has 0 aliphatic carbocycles. The molecule has 82 valence electrons. The quantitative estimate of drug-likeness (QED) is 0.850. The third-order valence-corrected chi connectivity index (χ3v) is 2.13. The van der Waals surface area contributed by atoms with Gasteiger partial charge in [0.05, 0.1) is 11.9 Å². The average Bonchev–Trinajstić information content (AvgIpc) is 2.33. The molecule has 2 heterocycles. The zero-order chi connectivity index (χ0) is 11.4. The monoisotopic (exact) mass is 218 g/mol. The molecule has 5 heteroatoms. The van der Waals surface area contributed by atoms with Crippen LogP contribution < -0.4 is 5.32 Å². The molecule has 0 saturated carbocycles. The minimum absolute atomic E-state index is 0.368. The summed E-state index contributed by atoms with van der Waals surface area (Å²) in [6.07, 6.45) is 4.96. The Morgan fingerprint density at radius 2 is 2.25 bits per heavy atom. The summed E-state index contributed by atoms with van der Waals surface area (Å²) in [6.45, 7) is 0. The number of anilines is 1. The summed E-state index contributed by atoms with van der Waals surface area (Å²) < 4.78 is 13.4. The normalized spacial score (nSPS) is 10.1. The number of pyridine rings is 1. The van der Waals surface area contributed by atoms with Gasteiger partial charge in [-0.05, 0) is 11.6 Å². The van der Waals surface area contributed by atoms with Crippen LogP contribution in [-0.4, -0.2) is 22.0 Å². The molecule has 0 aliphatic rings. The predicted octanol–water partition coefficient (Wildman–Crippen LogP) is 1.64. The van der Waals surface area contributed by atoms with Gasteiger partial charge in [-0.1, -0.05) is 6.07 Å². The third kappa shape index (κ3) is 2.31. The van der Waals surface area contributed by atoms with E-state index in [4.69, 9.17) is 0 Å². The van der Waals surface area contributed by atoms with E-state index in [0.717, 1.165) is 5.56 Å². The lowest BCUT2D eigenvalue weighted by Crippen LogP contribution is -2.03. The first-order valence-electron chi connectivity index (χ1n) is 4.87. The molecule has 16 heavy (non-hydrogen) atoms. The van der Waals surface area contributed by atoms with Crippen molar-refractivity contribution in [2.45, 2.75) is 6.42 Å². The van der Waals surface area contributed by atoms with Gasteiger partial charge in [-0.3, -0.25) is 4.98 Å². The lowest BCUT2D eigenvalue weighted by molar-refractivity contribution is 0.596. The van der Waals surface area contributed by atoms with Crippen molar-refractivity contribution < 1.29 is 4.39 Å². The van der Waals surface area contributed by atoms with Crippen molar-refractivity contribution in [3.63, 3.8) is 0 Å². The van der Waals surface area contributed by atoms with Crippen molar-refractivity contribution in [3.05, 3.63) is 47.8 Å². The van der Waals surface area contributed by atoms with E-state index in [9.17, 15) is 4.39 Å². The lowest BCUT2D eigenvalue weighted by atomic mass is 10.1. The number of rotatable bonds is 3. The van der Waals surface area contributed by atoms with Crippen LogP contribution >= 0.6 is 0 Å². The van der Waals surface area contributed by atoms with E-state index in [1.807, 2.05) is 12.1 Å². The lowest BCUT2D eigenvalue weighted by Gasteiger charge is -2.04. The Bertz CT molecular complexity index is 473. The van der Waals surface area contributed by atoms with Gasteiger partial charge in [-0.25, -0.2) is 14.4 Å². The van der Waals surface area contributed by atoms with E-state index in [2.05, 4.69) is 20.3 Å². The zero-order valence-electron chi connectivity index (χ0n) is 8.81. The van der Waals surface area contributed by atoms with Crippen LogP contribution in [0.2, 0.25) is 0 Å². The maximum Gasteiger partial charge on any atom is 0.222 e. The fourth-order valence-electron chi connectivity index (χ4n) is 1.34. The molecule has 1 N–H and O–H groups in total. The Morgan fingerprint density at radius 1 is 1.38 bits per heavy atom. The minimum Gasteiger partial charge on any atom is -0.357 e. The maximum atomic E-state index is 13.4. The van der Waals surface area contributed by atoms with Crippen LogP contribution in [0.5, 0.6) is 0 Å². The number of hydrogen-bond acceptors (Lipinski definition) is 4. The number of hydrogen-bond donors (Lipinski definition) is 1. The summed E-state index contributed by atoms with van der Waals surface area (Å²) in [5.74, 6) is 0.0168. The van der Waals surface area contributed by atoms with Crippen LogP contribution in [0.15, 0.2) is 30.7 Å². The standard InChI is InChI=1S/C11H11FN4/c1-13-11-15-7-9(12)10(16-11)5-8-3-2-4-14-6-8/h2-4,6-7H,5H2,1H3,(H,13,15,16). The predicted molar refractivity (Wildman–Crippen MR) is 58.6 cm³/mol. The Kier molecular flexibility index (Phi) is 3.05. The van der Waals surface area contributed by atoms with Gasteiger partial charge in [0.25, 0.3) is 0 Å². The van der Waals surface area contributed by atoms with Gasteiger partial charge in [-0.15, -0.1) is 0 Å². The largest absolute Gasteiger partial charge is 0.357 e. The molecule has 0 bridgehead atoms. The summed E-state index contributed by atoms with van der Waals surface area (Å²) >= 11 is 0. The van der Waals surface area contributed by atoms with Crippen LogP contribution in [0.1, 0.15) is 11.3 Å². The molecular formula is C11H11FN4. The molecule has 0 fully saturated rings. The average molecular weight is 218 g/mol. The molecule has 2 rings (SSSR count). The summed E-state index contributed by atoms with van der Waals surface area (Å²) in [4.78, 5) is 11.8. The molecule has 0 aromatic carbocycles. The number of nitrogens with one attached hydrogen (secondary N) is 1. The minimum atomic E-state index is -0.400. The van der Waals surface area contributed by atoms with Crippen molar-refractivity contribution in [1.29, 1.82) is 0 Å². The molecule has 0 atom stereocenters. The highest BCUT2D eigenvalue weighted by Gasteiger charge is 2.07. The van der Waals surface area contributed by atoms with Crippen LogP contribution in [0, 0.1) is 5.82 Å². The molecule has 2 aromatic heterocycles. The fraction of sp³-hybridized carbons (Fsp3) is 0.182. The first-order valence-corrected chi connectivity index (χ1v) is 4.87. The molecule has 0 amide bonds. The third-order valence-electron chi connectivity index (χ3n) is 2.13. The second-order valence-corrected chi connectivity index (χ2v) is 3.28. The zero-order valence-corrected chi connectivity index (χ0v) is 8.81. The van der Waals surface area contributed by atoms with Crippen LogP contribution in [0.25, 0.3) is 0 Å². The van der Waals surface area contributed by atoms with Crippen LogP contribution in [0.4, 0.5) is 10.3 Å². The van der Waals surface area contributed by atoms with Gasteiger partial charge < -0.3 is 5.32 Å². The highest BCUT2D eigenvalue weighted by atomic mass is 19.1. The van der Waals surface area contributed by atoms with Gasteiger partial charge in [0, 0.05) is 25.9 Å². The van der Waals surface area contributed by atoms with E-state index in [-0.39, 0.29) is 0 Å². The van der Waals surface area contributed by atoms with Gasteiger partial charge in [0.1, 0.15) is 0 Å². The number of nitrogens with zero attached hydrogens (tertiary/aromatic N) is 3. The Hall–Kier alpha value is -2.04. The molecule has 0 aliphatic heterocycles. The van der Waals surface area contributed by atoms with E-state index < -0.39 is 5.82 Å². The SMILES string of the molecule is CNc1ncc(F)c(Cc2cccnc2)n1. The molecule has 4 nitrogen and oxygen atoms in total. The molecular weight excluding hydrogens is 207 g/mol.